The van der Waals surface area contributed by atoms with Gasteiger partial charge in [-0.2, -0.15) is 0 Å². The average Bonchev–Trinajstić information content (AvgIpc) is 2.75. The lowest BCUT2D eigenvalue weighted by atomic mass is 10.0. The lowest BCUT2D eigenvalue weighted by Gasteiger charge is -2.22. The molecule has 20 heavy (non-hydrogen) atoms. The Labute approximate surface area is 120 Å². The van der Waals surface area contributed by atoms with Crippen molar-refractivity contribution < 1.29 is 20.1 Å². The molecule has 0 aromatic carbocycles. The van der Waals surface area contributed by atoms with Gasteiger partial charge in [-0.05, 0) is 18.8 Å². The normalized spacial score (nSPS) is 26.6. The number of rotatable bonds is 4. The first-order chi connectivity index (χ1) is 9.61. The zero-order chi connectivity index (χ0) is 14.8. The van der Waals surface area contributed by atoms with Gasteiger partial charge in [0.1, 0.15) is 10.0 Å². The largest absolute Gasteiger partial charge is 0.483 e. The standard InChI is InChI=1S/C11H17N3O2S.CH2O2/c1-7-12-13-10(17-7)4-14-2-8-9(3-14)11(8,5-15)6-16;2-1-3/h8-9,15-16H,2-6H2,1H3;1H,(H,2,3). The summed E-state index contributed by atoms with van der Waals surface area (Å²) in [6.07, 6.45) is 0. The molecular weight excluding hydrogens is 282 g/mol. The van der Waals surface area contributed by atoms with Crippen molar-refractivity contribution in [3.05, 3.63) is 10.0 Å². The number of aryl methyl sites for hydroxylation is 1. The Morgan fingerprint density at radius 1 is 1.35 bits per heavy atom. The van der Waals surface area contributed by atoms with Gasteiger partial charge in [0.15, 0.2) is 0 Å². The number of fused-ring (bicyclic) bond motifs is 1. The molecular formula is C12H19N3O4S. The second kappa shape index (κ2) is 6.13. The monoisotopic (exact) mass is 301 g/mol. The SMILES string of the molecule is Cc1nnc(CN2CC3C(C2)C3(CO)CO)s1.O=CO. The molecule has 1 aliphatic heterocycles. The lowest BCUT2D eigenvalue weighted by molar-refractivity contribution is -0.122. The number of carbonyl (C=O) groups is 1. The summed E-state index contributed by atoms with van der Waals surface area (Å²) < 4.78 is 0. The van der Waals surface area contributed by atoms with Gasteiger partial charge in [-0.15, -0.1) is 21.5 Å². The maximum Gasteiger partial charge on any atom is 0.290 e. The molecule has 1 saturated carbocycles. The summed E-state index contributed by atoms with van der Waals surface area (Å²) in [4.78, 5) is 10.7. The number of aliphatic hydroxyl groups excluding tert-OH is 2. The minimum Gasteiger partial charge on any atom is -0.483 e. The topological polar surface area (TPSA) is 107 Å². The van der Waals surface area contributed by atoms with E-state index < -0.39 is 0 Å². The third kappa shape index (κ3) is 2.69. The van der Waals surface area contributed by atoms with Gasteiger partial charge in [0.25, 0.3) is 6.47 Å². The molecule has 0 amide bonds. The van der Waals surface area contributed by atoms with E-state index in [4.69, 9.17) is 9.90 Å². The first kappa shape index (κ1) is 15.3. The number of aromatic nitrogens is 2. The third-order valence-corrected chi connectivity index (χ3v) is 5.10. The zero-order valence-electron chi connectivity index (χ0n) is 11.3. The van der Waals surface area contributed by atoms with Crippen molar-refractivity contribution in [2.24, 2.45) is 17.3 Å². The highest BCUT2D eigenvalue weighted by molar-refractivity contribution is 7.11. The van der Waals surface area contributed by atoms with Crippen molar-refractivity contribution in [2.45, 2.75) is 13.5 Å². The molecule has 1 saturated heterocycles. The fraction of sp³-hybridized carbons (Fsp3) is 0.750. The number of hydrogen-bond donors (Lipinski definition) is 3. The molecule has 2 heterocycles. The molecule has 0 spiro atoms. The molecule has 2 fully saturated rings. The third-order valence-electron chi connectivity index (χ3n) is 4.28. The van der Waals surface area contributed by atoms with Crippen LogP contribution in [-0.2, 0) is 11.3 Å². The predicted octanol–water partition coefficient (Wildman–Crippen LogP) is -0.420. The summed E-state index contributed by atoms with van der Waals surface area (Å²) in [5, 5.41) is 35.8. The van der Waals surface area contributed by atoms with E-state index in [1.807, 2.05) is 6.92 Å². The van der Waals surface area contributed by atoms with E-state index in [-0.39, 0.29) is 25.1 Å². The van der Waals surface area contributed by atoms with Crippen molar-refractivity contribution >= 4 is 17.8 Å². The molecule has 0 bridgehead atoms. The van der Waals surface area contributed by atoms with Crippen LogP contribution in [0.1, 0.15) is 10.0 Å². The highest BCUT2D eigenvalue weighted by Gasteiger charge is 2.67. The molecule has 1 aromatic heterocycles. The number of piperidine rings is 1. The van der Waals surface area contributed by atoms with E-state index in [2.05, 4.69) is 15.1 Å². The van der Waals surface area contributed by atoms with Crippen LogP contribution in [0.3, 0.4) is 0 Å². The van der Waals surface area contributed by atoms with Crippen molar-refractivity contribution in [1.29, 1.82) is 0 Å². The maximum absolute atomic E-state index is 9.34. The second-order valence-corrected chi connectivity index (χ2v) is 6.54. The summed E-state index contributed by atoms with van der Waals surface area (Å²) in [7, 11) is 0. The number of carboxylic acid groups (broad SMARTS) is 1. The molecule has 1 aromatic rings. The quantitative estimate of drug-likeness (QED) is 0.648. The molecule has 0 radical (unpaired) electrons. The van der Waals surface area contributed by atoms with Crippen LogP contribution < -0.4 is 0 Å². The van der Waals surface area contributed by atoms with Crippen molar-refractivity contribution in [3.63, 3.8) is 0 Å². The number of aliphatic hydroxyl groups is 2. The van der Waals surface area contributed by atoms with Gasteiger partial charge in [-0.25, -0.2) is 0 Å². The summed E-state index contributed by atoms with van der Waals surface area (Å²) in [6.45, 7) is 4.72. The van der Waals surface area contributed by atoms with Crippen LogP contribution in [0.2, 0.25) is 0 Å². The predicted molar refractivity (Wildman–Crippen MR) is 72.2 cm³/mol. The van der Waals surface area contributed by atoms with Gasteiger partial charge >= 0.3 is 0 Å². The van der Waals surface area contributed by atoms with Gasteiger partial charge in [0, 0.05) is 18.5 Å². The van der Waals surface area contributed by atoms with E-state index in [0.29, 0.717) is 11.8 Å². The van der Waals surface area contributed by atoms with Crippen LogP contribution in [0.25, 0.3) is 0 Å². The summed E-state index contributed by atoms with van der Waals surface area (Å²) in [6, 6.07) is 0. The van der Waals surface area contributed by atoms with E-state index in [0.717, 1.165) is 29.6 Å². The molecule has 3 rings (SSSR count). The Balaban J connectivity index is 0.000000452. The van der Waals surface area contributed by atoms with Gasteiger partial charge in [0.2, 0.25) is 0 Å². The molecule has 3 N–H and O–H groups in total. The van der Waals surface area contributed by atoms with Crippen LogP contribution in [0.4, 0.5) is 0 Å². The molecule has 7 nitrogen and oxygen atoms in total. The Bertz CT molecular complexity index is 449. The number of nitrogens with zero attached hydrogens (tertiary/aromatic N) is 3. The summed E-state index contributed by atoms with van der Waals surface area (Å²) in [5.74, 6) is 0.929. The van der Waals surface area contributed by atoms with Crippen LogP contribution >= 0.6 is 11.3 Å². The summed E-state index contributed by atoms with van der Waals surface area (Å²) >= 11 is 1.64. The molecule has 2 aliphatic rings. The first-order valence-electron chi connectivity index (χ1n) is 6.42. The Morgan fingerprint density at radius 2 is 1.90 bits per heavy atom. The molecule has 2 atom stereocenters. The highest BCUT2D eigenvalue weighted by atomic mass is 32.1. The zero-order valence-corrected chi connectivity index (χ0v) is 12.1. The minimum atomic E-state index is -0.250. The highest BCUT2D eigenvalue weighted by Crippen LogP contribution is 2.62. The Kier molecular flexibility index (Phi) is 4.69. The van der Waals surface area contributed by atoms with Crippen LogP contribution in [-0.4, -0.2) is 63.2 Å². The number of likely N-dealkylation sites (tertiary alicyclic amines) is 1. The smallest absolute Gasteiger partial charge is 0.290 e. The molecule has 8 heteroatoms. The van der Waals surface area contributed by atoms with Gasteiger partial charge in [0.05, 0.1) is 19.8 Å². The van der Waals surface area contributed by atoms with Crippen molar-refractivity contribution in [1.82, 2.24) is 15.1 Å². The molecule has 1 aliphatic carbocycles. The average molecular weight is 301 g/mol. The molecule has 2 unspecified atom stereocenters. The van der Waals surface area contributed by atoms with Gasteiger partial charge in [-0.1, -0.05) is 0 Å². The van der Waals surface area contributed by atoms with Crippen molar-refractivity contribution in [3.8, 4) is 0 Å². The van der Waals surface area contributed by atoms with Gasteiger partial charge < -0.3 is 15.3 Å². The van der Waals surface area contributed by atoms with Gasteiger partial charge in [-0.3, -0.25) is 9.69 Å². The minimum absolute atomic E-state index is 0.116. The van der Waals surface area contributed by atoms with Crippen LogP contribution in [0, 0.1) is 24.2 Å². The number of hydrogen-bond acceptors (Lipinski definition) is 7. The van der Waals surface area contributed by atoms with E-state index in [1.54, 1.807) is 11.3 Å². The van der Waals surface area contributed by atoms with Crippen LogP contribution in [0.5, 0.6) is 0 Å². The second-order valence-electron chi connectivity index (χ2n) is 5.28. The molecule has 112 valence electrons. The van der Waals surface area contributed by atoms with E-state index >= 15 is 0 Å². The maximum atomic E-state index is 9.34. The van der Waals surface area contributed by atoms with E-state index in [1.165, 1.54) is 0 Å². The van der Waals surface area contributed by atoms with Crippen molar-refractivity contribution in [2.75, 3.05) is 26.3 Å². The Hall–Kier alpha value is -1.09. The fourth-order valence-electron chi connectivity index (χ4n) is 3.16. The Morgan fingerprint density at radius 3 is 2.30 bits per heavy atom. The summed E-state index contributed by atoms with van der Waals surface area (Å²) in [5.41, 5.74) is -0.187. The fourth-order valence-corrected chi connectivity index (χ4v) is 3.91. The van der Waals surface area contributed by atoms with E-state index in [9.17, 15) is 10.2 Å². The van der Waals surface area contributed by atoms with Crippen LogP contribution in [0.15, 0.2) is 0 Å². The first-order valence-corrected chi connectivity index (χ1v) is 7.23. The lowest BCUT2D eigenvalue weighted by Crippen LogP contribution is -2.31.